The Morgan fingerprint density at radius 1 is 1.36 bits per heavy atom. The van der Waals surface area contributed by atoms with Crippen LogP contribution in [0, 0.1) is 0 Å². The summed E-state index contributed by atoms with van der Waals surface area (Å²) in [5, 5.41) is 0. The maximum Gasteiger partial charge on any atom is 0.149 e. The number of ketones is 1. The molecule has 0 fully saturated rings. The molecule has 2 unspecified atom stereocenters. The van der Waals surface area contributed by atoms with Crippen molar-refractivity contribution in [3.05, 3.63) is 35.9 Å². The highest BCUT2D eigenvalue weighted by atomic mass is 16.1. The number of nitrogens with two attached hydrogens (primary N) is 1. The summed E-state index contributed by atoms with van der Waals surface area (Å²) in [5.74, 6) is 0.0649. The van der Waals surface area contributed by atoms with Crippen LogP contribution in [0.5, 0.6) is 0 Å². The van der Waals surface area contributed by atoms with Gasteiger partial charge in [-0.3, -0.25) is 4.79 Å². The molecule has 2 N–H and O–H groups in total. The van der Waals surface area contributed by atoms with Crippen molar-refractivity contribution in [2.24, 2.45) is 5.73 Å². The molecule has 0 amide bonds. The van der Waals surface area contributed by atoms with E-state index >= 15 is 0 Å². The van der Waals surface area contributed by atoms with Crippen molar-refractivity contribution >= 4 is 5.78 Å². The number of Topliss-reactive ketones (excluding diaryl/α,β-unsaturated/α-hetero) is 1. The third-order valence-electron chi connectivity index (χ3n) is 2.96. The van der Waals surface area contributed by atoms with Crippen LogP contribution in [0.4, 0.5) is 0 Å². The van der Waals surface area contributed by atoms with Gasteiger partial charge in [-0.05, 0) is 19.4 Å². The van der Waals surface area contributed by atoms with E-state index < -0.39 is 5.54 Å². The predicted octanol–water partition coefficient (Wildman–Crippen LogP) is 2.10. The van der Waals surface area contributed by atoms with E-state index in [9.17, 15) is 4.79 Å². The van der Waals surface area contributed by atoms with Gasteiger partial charge in [-0.2, -0.15) is 0 Å². The van der Waals surface area contributed by atoms with E-state index in [0.29, 0.717) is 0 Å². The Kier molecular flexibility index (Phi) is 3.06. The van der Waals surface area contributed by atoms with Gasteiger partial charge in [0.2, 0.25) is 0 Å². The molecule has 2 nitrogen and oxygen atoms in total. The van der Waals surface area contributed by atoms with Crippen LogP contribution in [-0.2, 0) is 4.79 Å². The van der Waals surface area contributed by atoms with Crippen molar-refractivity contribution in [1.29, 1.82) is 0 Å². The zero-order valence-electron chi connectivity index (χ0n) is 8.95. The molecule has 0 radical (unpaired) electrons. The number of carbonyl (C=O) groups is 1. The fourth-order valence-corrected chi connectivity index (χ4v) is 1.39. The van der Waals surface area contributed by atoms with Gasteiger partial charge in [0.25, 0.3) is 0 Å². The number of rotatable bonds is 3. The average Bonchev–Trinajstić information content (AvgIpc) is 2.17. The van der Waals surface area contributed by atoms with Gasteiger partial charge >= 0.3 is 0 Å². The summed E-state index contributed by atoms with van der Waals surface area (Å²) >= 11 is 0. The van der Waals surface area contributed by atoms with E-state index in [1.165, 1.54) is 0 Å². The Bertz CT molecular complexity index is 316. The molecule has 0 aliphatic rings. The predicted molar refractivity (Wildman–Crippen MR) is 58.1 cm³/mol. The molecular weight excluding hydrogens is 174 g/mol. The summed E-state index contributed by atoms with van der Waals surface area (Å²) in [6.45, 7) is 5.31. The zero-order chi connectivity index (χ0) is 10.8. The van der Waals surface area contributed by atoms with E-state index in [-0.39, 0.29) is 11.7 Å². The minimum absolute atomic E-state index is 0.0221. The van der Waals surface area contributed by atoms with E-state index in [1.807, 2.05) is 37.3 Å². The van der Waals surface area contributed by atoms with Gasteiger partial charge in [0.1, 0.15) is 5.78 Å². The summed E-state index contributed by atoms with van der Waals surface area (Å²) in [5.41, 5.74) is 6.31. The third kappa shape index (κ3) is 2.02. The van der Waals surface area contributed by atoms with Crippen LogP contribution in [0.2, 0.25) is 0 Å². The second kappa shape index (κ2) is 3.93. The molecule has 2 heteroatoms. The summed E-state index contributed by atoms with van der Waals surface area (Å²) in [6.07, 6.45) is 0. The van der Waals surface area contributed by atoms with Gasteiger partial charge in [0.15, 0.2) is 0 Å². The number of carbonyl (C=O) groups excluding carboxylic acids is 1. The van der Waals surface area contributed by atoms with Gasteiger partial charge in [-0.15, -0.1) is 0 Å². The molecule has 14 heavy (non-hydrogen) atoms. The Morgan fingerprint density at radius 3 is 2.29 bits per heavy atom. The van der Waals surface area contributed by atoms with Crippen molar-refractivity contribution in [3.63, 3.8) is 0 Å². The maximum absolute atomic E-state index is 11.4. The van der Waals surface area contributed by atoms with E-state index in [2.05, 4.69) is 0 Å². The van der Waals surface area contributed by atoms with Gasteiger partial charge < -0.3 is 5.73 Å². The highest BCUT2D eigenvalue weighted by Gasteiger charge is 2.32. The SMILES string of the molecule is CC(=O)C(C)(N)C(C)c1ccccc1. The van der Waals surface area contributed by atoms with Crippen molar-refractivity contribution in [1.82, 2.24) is 0 Å². The standard InChI is InChI=1S/C12H17NO/c1-9(12(3,13)10(2)14)11-7-5-4-6-8-11/h4-9H,13H2,1-3H3. The third-order valence-corrected chi connectivity index (χ3v) is 2.96. The molecule has 0 heterocycles. The van der Waals surface area contributed by atoms with Crippen LogP contribution < -0.4 is 5.73 Å². The second-order valence-corrected chi connectivity index (χ2v) is 3.97. The van der Waals surface area contributed by atoms with Crippen LogP contribution in [0.15, 0.2) is 30.3 Å². The first-order valence-electron chi connectivity index (χ1n) is 4.81. The molecule has 1 rings (SSSR count). The molecule has 0 spiro atoms. The first-order chi connectivity index (χ1) is 6.46. The minimum Gasteiger partial charge on any atom is -0.319 e. The maximum atomic E-state index is 11.4. The Balaban J connectivity index is 2.96. The highest BCUT2D eigenvalue weighted by molar-refractivity contribution is 5.86. The number of hydrogen-bond donors (Lipinski definition) is 1. The number of hydrogen-bond acceptors (Lipinski definition) is 2. The molecular formula is C12H17NO. The van der Waals surface area contributed by atoms with E-state index in [4.69, 9.17) is 5.73 Å². The van der Waals surface area contributed by atoms with Crippen LogP contribution in [-0.4, -0.2) is 11.3 Å². The van der Waals surface area contributed by atoms with E-state index in [0.717, 1.165) is 5.56 Å². The average molecular weight is 191 g/mol. The van der Waals surface area contributed by atoms with Crippen molar-refractivity contribution in [3.8, 4) is 0 Å². The Hall–Kier alpha value is -1.15. The van der Waals surface area contributed by atoms with Crippen LogP contribution in [0.1, 0.15) is 32.3 Å². The molecule has 0 aliphatic heterocycles. The Morgan fingerprint density at radius 2 is 1.86 bits per heavy atom. The molecule has 1 aromatic rings. The number of benzene rings is 1. The van der Waals surface area contributed by atoms with Gasteiger partial charge in [-0.1, -0.05) is 37.3 Å². The van der Waals surface area contributed by atoms with Crippen LogP contribution in [0.3, 0.4) is 0 Å². The fourth-order valence-electron chi connectivity index (χ4n) is 1.39. The first kappa shape index (κ1) is 10.9. The van der Waals surface area contributed by atoms with Crippen LogP contribution >= 0.6 is 0 Å². The van der Waals surface area contributed by atoms with Gasteiger partial charge in [0, 0.05) is 5.92 Å². The smallest absolute Gasteiger partial charge is 0.149 e. The molecule has 0 saturated heterocycles. The molecule has 0 aromatic heterocycles. The zero-order valence-corrected chi connectivity index (χ0v) is 8.95. The first-order valence-corrected chi connectivity index (χ1v) is 4.81. The lowest BCUT2D eigenvalue weighted by Crippen LogP contribution is -2.48. The van der Waals surface area contributed by atoms with Crippen LogP contribution in [0.25, 0.3) is 0 Å². The monoisotopic (exact) mass is 191 g/mol. The van der Waals surface area contributed by atoms with Crippen molar-refractivity contribution in [2.75, 3.05) is 0 Å². The molecule has 0 bridgehead atoms. The lowest BCUT2D eigenvalue weighted by atomic mass is 9.80. The van der Waals surface area contributed by atoms with Gasteiger partial charge in [0.05, 0.1) is 5.54 Å². The highest BCUT2D eigenvalue weighted by Crippen LogP contribution is 2.26. The summed E-state index contributed by atoms with van der Waals surface area (Å²) in [7, 11) is 0. The van der Waals surface area contributed by atoms with Gasteiger partial charge in [-0.25, -0.2) is 0 Å². The fraction of sp³-hybridized carbons (Fsp3) is 0.417. The summed E-state index contributed by atoms with van der Waals surface area (Å²) in [4.78, 5) is 11.4. The molecule has 0 aliphatic carbocycles. The van der Waals surface area contributed by atoms with E-state index in [1.54, 1.807) is 13.8 Å². The second-order valence-electron chi connectivity index (χ2n) is 3.97. The topological polar surface area (TPSA) is 43.1 Å². The molecule has 0 saturated carbocycles. The lowest BCUT2D eigenvalue weighted by molar-refractivity contribution is -0.122. The quantitative estimate of drug-likeness (QED) is 0.795. The van der Waals surface area contributed by atoms with Crippen molar-refractivity contribution in [2.45, 2.75) is 32.2 Å². The lowest BCUT2D eigenvalue weighted by Gasteiger charge is -2.29. The normalized spacial score (nSPS) is 17.1. The van der Waals surface area contributed by atoms with Crippen molar-refractivity contribution < 1.29 is 4.79 Å². The molecule has 2 atom stereocenters. The minimum atomic E-state index is -0.776. The summed E-state index contributed by atoms with van der Waals surface area (Å²) < 4.78 is 0. The Labute approximate surface area is 85.1 Å². The largest absolute Gasteiger partial charge is 0.319 e. The summed E-state index contributed by atoms with van der Waals surface area (Å²) in [6, 6.07) is 9.87. The molecule has 76 valence electrons. The molecule has 1 aromatic carbocycles.